The molecule has 2 unspecified atom stereocenters. The summed E-state index contributed by atoms with van der Waals surface area (Å²) >= 11 is 0. The van der Waals surface area contributed by atoms with Crippen molar-refractivity contribution >= 4 is 5.97 Å². The second kappa shape index (κ2) is 7.09. The normalized spacial score (nSPS) is 21.6. The van der Waals surface area contributed by atoms with Gasteiger partial charge < -0.3 is 5.11 Å². The van der Waals surface area contributed by atoms with Crippen LogP contribution in [0.5, 0.6) is 0 Å². The molecule has 2 heterocycles. The van der Waals surface area contributed by atoms with Crippen molar-refractivity contribution < 1.29 is 14.3 Å². The Morgan fingerprint density at radius 1 is 1.25 bits per heavy atom. The molecule has 0 amide bonds. The molecule has 1 aliphatic heterocycles. The fraction of sp³-hybridized carbons (Fsp3) is 0.368. The molecule has 0 saturated carbocycles. The first-order valence-electron chi connectivity index (χ1n) is 8.20. The predicted octanol–water partition coefficient (Wildman–Crippen LogP) is 3.57. The van der Waals surface area contributed by atoms with E-state index in [9.17, 15) is 14.3 Å². The van der Waals surface area contributed by atoms with Crippen LogP contribution in [0.3, 0.4) is 0 Å². The number of halogens is 1. The summed E-state index contributed by atoms with van der Waals surface area (Å²) in [5, 5.41) is 9.22. The second-order valence-corrected chi connectivity index (χ2v) is 6.43. The number of carboxylic acids is 1. The van der Waals surface area contributed by atoms with Gasteiger partial charge in [-0.1, -0.05) is 12.1 Å². The maximum Gasteiger partial charge on any atom is 0.307 e. The molecule has 3 rings (SSSR count). The van der Waals surface area contributed by atoms with Gasteiger partial charge in [0.15, 0.2) is 0 Å². The predicted molar refractivity (Wildman–Crippen MR) is 89.9 cm³/mol. The van der Waals surface area contributed by atoms with Gasteiger partial charge in [-0.15, -0.1) is 0 Å². The van der Waals surface area contributed by atoms with E-state index in [1.165, 1.54) is 6.07 Å². The van der Waals surface area contributed by atoms with Crippen LogP contribution in [-0.4, -0.2) is 33.5 Å². The van der Waals surface area contributed by atoms with Crippen molar-refractivity contribution in [2.24, 2.45) is 5.92 Å². The average Bonchev–Trinajstić information content (AvgIpc) is 2.59. The van der Waals surface area contributed by atoms with Gasteiger partial charge in [-0.2, -0.15) is 0 Å². The van der Waals surface area contributed by atoms with E-state index in [-0.39, 0.29) is 17.8 Å². The number of benzene rings is 1. The number of carbonyl (C=O) groups is 1. The van der Waals surface area contributed by atoms with Gasteiger partial charge in [0.1, 0.15) is 5.82 Å². The zero-order chi connectivity index (χ0) is 17.1. The van der Waals surface area contributed by atoms with E-state index >= 15 is 0 Å². The van der Waals surface area contributed by atoms with Crippen LogP contribution in [0.4, 0.5) is 4.39 Å². The van der Waals surface area contributed by atoms with Gasteiger partial charge in [0, 0.05) is 37.1 Å². The highest BCUT2D eigenvalue weighted by molar-refractivity contribution is 5.70. The van der Waals surface area contributed by atoms with Gasteiger partial charge in [0.2, 0.25) is 0 Å². The summed E-state index contributed by atoms with van der Waals surface area (Å²) in [6.07, 6.45) is 4.88. The molecule has 5 heteroatoms. The fourth-order valence-electron chi connectivity index (χ4n) is 3.22. The fourth-order valence-corrected chi connectivity index (χ4v) is 3.22. The van der Waals surface area contributed by atoms with Crippen LogP contribution in [-0.2, 0) is 11.3 Å². The molecule has 24 heavy (non-hydrogen) atoms. The Kier molecular flexibility index (Phi) is 4.90. The molecule has 1 aromatic heterocycles. The molecular formula is C19H21FN2O2. The lowest BCUT2D eigenvalue weighted by molar-refractivity contribution is -0.144. The summed E-state index contributed by atoms with van der Waals surface area (Å²) in [4.78, 5) is 17.3. The minimum Gasteiger partial charge on any atom is -0.481 e. The Morgan fingerprint density at radius 2 is 2.00 bits per heavy atom. The number of pyridine rings is 1. The molecule has 1 fully saturated rings. The van der Waals surface area contributed by atoms with E-state index in [0.29, 0.717) is 25.1 Å². The van der Waals surface area contributed by atoms with E-state index in [1.807, 2.05) is 18.2 Å². The summed E-state index contributed by atoms with van der Waals surface area (Å²) in [5.41, 5.74) is 2.34. The molecule has 0 aliphatic carbocycles. The van der Waals surface area contributed by atoms with Gasteiger partial charge in [0.05, 0.1) is 5.92 Å². The van der Waals surface area contributed by atoms with Gasteiger partial charge >= 0.3 is 5.97 Å². The zero-order valence-corrected chi connectivity index (χ0v) is 13.7. The largest absolute Gasteiger partial charge is 0.481 e. The quantitative estimate of drug-likeness (QED) is 0.932. The minimum absolute atomic E-state index is 0.256. The smallest absolute Gasteiger partial charge is 0.307 e. The topological polar surface area (TPSA) is 53.4 Å². The van der Waals surface area contributed by atoms with E-state index in [2.05, 4.69) is 16.8 Å². The van der Waals surface area contributed by atoms with Gasteiger partial charge in [-0.05, 0) is 49.1 Å². The third-order valence-electron chi connectivity index (χ3n) is 4.80. The molecular weight excluding hydrogens is 307 g/mol. The Hall–Kier alpha value is -2.27. The molecule has 2 aromatic rings. The second-order valence-electron chi connectivity index (χ2n) is 6.43. The summed E-state index contributed by atoms with van der Waals surface area (Å²) in [5.74, 6) is -1.38. The Bertz CT molecular complexity index is 721. The van der Waals surface area contributed by atoms with E-state index in [0.717, 1.165) is 17.5 Å². The van der Waals surface area contributed by atoms with Crippen LogP contribution in [0.25, 0.3) is 11.1 Å². The lowest BCUT2D eigenvalue weighted by Crippen LogP contribution is -2.43. The highest BCUT2D eigenvalue weighted by Gasteiger charge is 2.30. The van der Waals surface area contributed by atoms with E-state index in [4.69, 9.17) is 0 Å². The SMILES string of the molecule is CC1CCC(C(=O)O)CN1Cc1ccc(-c2ccncc2)cc1F. The monoisotopic (exact) mass is 328 g/mol. The molecule has 0 radical (unpaired) electrons. The summed E-state index contributed by atoms with van der Waals surface area (Å²) in [6, 6.07) is 9.18. The molecule has 0 bridgehead atoms. The third kappa shape index (κ3) is 3.62. The lowest BCUT2D eigenvalue weighted by Gasteiger charge is -2.36. The first-order chi connectivity index (χ1) is 11.5. The van der Waals surface area contributed by atoms with Crippen LogP contribution >= 0.6 is 0 Å². The number of piperidine rings is 1. The first-order valence-corrected chi connectivity index (χ1v) is 8.20. The highest BCUT2D eigenvalue weighted by atomic mass is 19.1. The van der Waals surface area contributed by atoms with Crippen molar-refractivity contribution in [1.82, 2.24) is 9.88 Å². The van der Waals surface area contributed by atoms with E-state index in [1.54, 1.807) is 18.5 Å². The van der Waals surface area contributed by atoms with Crippen LogP contribution in [0, 0.1) is 11.7 Å². The number of rotatable bonds is 4. The van der Waals surface area contributed by atoms with Crippen molar-refractivity contribution in [1.29, 1.82) is 0 Å². The summed E-state index contributed by atoms with van der Waals surface area (Å²) < 4.78 is 14.5. The number of nitrogens with zero attached hydrogens (tertiary/aromatic N) is 2. The molecule has 0 spiro atoms. The maximum absolute atomic E-state index is 14.5. The lowest BCUT2D eigenvalue weighted by atomic mass is 9.93. The van der Waals surface area contributed by atoms with Crippen LogP contribution in [0.1, 0.15) is 25.3 Å². The zero-order valence-electron chi connectivity index (χ0n) is 13.7. The molecule has 4 nitrogen and oxygen atoms in total. The van der Waals surface area contributed by atoms with Gasteiger partial charge in [-0.3, -0.25) is 14.7 Å². The number of hydrogen-bond donors (Lipinski definition) is 1. The van der Waals surface area contributed by atoms with Crippen molar-refractivity contribution in [3.05, 3.63) is 54.1 Å². The number of carboxylic acid groups (broad SMARTS) is 1. The third-order valence-corrected chi connectivity index (χ3v) is 4.80. The van der Waals surface area contributed by atoms with Crippen molar-refractivity contribution in [2.75, 3.05) is 6.54 Å². The van der Waals surface area contributed by atoms with Gasteiger partial charge in [-0.25, -0.2) is 4.39 Å². The van der Waals surface area contributed by atoms with Crippen molar-refractivity contribution in [2.45, 2.75) is 32.4 Å². The first kappa shape index (κ1) is 16.6. The van der Waals surface area contributed by atoms with Crippen molar-refractivity contribution in [3.8, 4) is 11.1 Å². The number of aliphatic carboxylic acids is 1. The van der Waals surface area contributed by atoms with Gasteiger partial charge in [0.25, 0.3) is 0 Å². The van der Waals surface area contributed by atoms with E-state index < -0.39 is 5.97 Å². The number of aromatic nitrogens is 1. The molecule has 1 N–H and O–H groups in total. The van der Waals surface area contributed by atoms with Crippen LogP contribution < -0.4 is 0 Å². The molecule has 1 aliphatic rings. The number of likely N-dealkylation sites (tertiary alicyclic amines) is 1. The minimum atomic E-state index is -0.764. The molecule has 2 atom stereocenters. The summed E-state index contributed by atoms with van der Waals surface area (Å²) in [6.45, 7) is 2.98. The Balaban J connectivity index is 1.76. The van der Waals surface area contributed by atoms with Crippen LogP contribution in [0.2, 0.25) is 0 Å². The Morgan fingerprint density at radius 3 is 2.67 bits per heavy atom. The molecule has 1 aromatic carbocycles. The average molecular weight is 328 g/mol. The molecule has 1 saturated heterocycles. The highest BCUT2D eigenvalue weighted by Crippen LogP contribution is 2.26. The maximum atomic E-state index is 14.5. The van der Waals surface area contributed by atoms with Crippen LogP contribution in [0.15, 0.2) is 42.7 Å². The molecule has 126 valence electrons. The number of hydrogen-bond acceptors (Lipinski definition) is 3. The van der Waals surface area contributed by atoms with Crippen molar-refractivity contribution in [3.63, 3.8) is 0 Å². The standard InChI is InChI=1S/C19H21FN2O2/c1-13-2-3-17(19(23)24)12-22(13)11-16-5-4-15(10-18(16)20)14-6-8-21-9-7-14/h4-10,13,17H,2-3,11-12H2,1H3,(H,23,24). The Labute approximate surface area is 141 Å². The summed E-state index contributed by atoms with van der Waals surface area (Å²) in [7, 11) is 0.